The lowest BCUT2D eigenvalue weighted by atomic mass is 10.1. The van der Waals surface area contributed by atoms with E-state index in [1.54, 1.807) is 0 Å². The molecule has 0 bridgehead atoms. The van der Waals surface area contributed by atoms with Gasteiger partial charge in [-0.2, -0.15) is 13.2 Å². The zero-order valence-corrected chi connectivity index (χ0v) is 8.67. The van der Waals surface area contributed by atoms with Crippen molar-refractivity contribution >= 4 is 6.29 Å². The van der Waals surface area contributed by atoms with Gasteiger partial charge in [0.15, 0.2) is 0 Å². The highest BCUT2D eigenvalue weighted by Crippen LogP contribution is 2.32. The number of aryl methyl sites for hydroxylation is 1. The number of hydrogen-bond donors (Lipinski definition) is 0. The zero-order valence-electron chi connectivity index (χ0n) is 8.67. The molecular formula is C11H11F3O2. The molecule has 0 aromatic heterocycles. The van der Waals surface area contributed by atoms with Crippen LogP contribution < -0.4 is 4.74 Å². The molecule has 0 N–H and O–H groups in total. The molecule has 16 heavy (non-hydrogen) atoms. The van der Waals surface area contributed by atoms with Gasteiger partial charge < -0.3 is 9.53 Å². The molecule has 2 nitrogen and oxygen atoms in total. The number of ether oxygens (including phenoxy) is 1. The van der Waals surface area contributed by atoms with Crippen LogP contribution in [0.1, 0.15) is 17.5 Å². The third-order valence-corrected chi connectivity index (χ3v) is 2.14. The number of rotatable bonds is 4. The highest BCUT2D eigenvalue weighted by molar-refractivity contribution is 5.51. The van der Waals surface area contributed by atoms with Crippen molar-refractivity contribution in [3.8, 4) is 5.75 Å². The molecule has 0 aliphatic carbocycles. The fourth-order valence-corrected chi connectivity index (χ4v) is 1.36. The number of carbonyl (C=O) groups is 1. The highest BCUT2D eigenvalue weighted by atomic mass is 19.4. The Bertz CT molecular complexity index is 372. The summed E-state index contributed by atoms with van der Waals surface area (Å²) in [5, 5.41) is 0. The zero-order chi connectivity index (χ0) is 12.2. The topological polar surface area (TPSA) is 26.3 Å². The Morgan fingerprint density at radius 1 is 1.38 bits per heavy atom. The Morgan fingerprint density at radius 2 is 2.06 bits per heavy atom. The van der Waals surface area contributed by atoms with Crippen molar-refractivity contribution in [2.45, 2.75) is 19.0 Å². The van der Waals surface area contributed by atoms with Gasteiger partial charge in [-0.15, -0.1) is 0 Å². The average Bonchev–Trinajstić information content (AvgIpc) is 2.24. The summed E-state index contributed by atoms with van der Waals surface area (Å²) in [4.78, 5) is 10.2. The summed E-state index contributed by atoms with van der Waals surface area (Å²) in [6, 6.07) is 3.24. The molecule has 0 amide bonds. The lowest BCUT2D eigenvalue weighted by molar-refractivity contribution is -0.137. The van der Waals surface area contributed by atoms with Gasteiger partial charge in [-0.05, 0) is 30.2 Å². The van der Waals surface area contributed by atoms with Crippen molar-refractivity contribution in [1.29, 1.82) is 0 Å². The largest absolute Gasteiger partial charge is 0.496 e. The number of carbonyl (C=O) groups excluding carboxylic acids is 1. The fourth-order valence-electron chi connectivity index (χ4n) is 1.36. The fraction of sp³-hybridized carbons (Fsp3) is 0.364. The van der Waals surface area contributed by atoms with Crippen molar-refractivity contribution in [3.63, 3.8) is 0 Å². The molecule has 0 atom stereocenters. The molecule has 0 heterocycles. The van der Waals surface area contributed by atoms with Crippen LogP contribution in [0.4, 0.5) is 13.2 Å². The van der Waals surface area contributed by atoms with Crippen molar-refractivity contribution < 1.29 is 22.7 Å². The first-order chi connectivity index (χ1) is 7.49. The minimum atomic E-state index is -4.37. The van der Waals surface area contributed by atoms with E-state index in [2.05, 4.69) is 0 Å². The van der Waals surface area contributed by atoms with Crippen LogP contribution in [-0.4, -0.2) is 13.4 Å². The normalized spacial score (nSPS) is 11.2. The summed E-state index contributed by atoms with van der Waals surface area (Å²) < 4.78 is 42.2. The molecule has 1 aromatic rings. The number of benzene rings is 1. The van der Waals surface area contributed by atoms with Crippen LogP contribution in [-0.2, 0) is 17.4 Å². The molecule has 88 valence electrons. The lowest BCUT2D eigenvalue weighted by Crippen LogP contribution is -2.06. The first-order valence-corrected chi connectivity index (χ1v) is 4.66. The minimum Gasteiger partial charge on any atom is -0.496 e. The van der Waals surface area contributed by atoms with Gasteiger partial charge in [0.1, 0.15) is 12.0 Å². The maximum absolute atomic E-state index is 12.4. The molecule has 0 radical (unpaired) electrons. The number of hydrogen-bond acceptors (Lipinski definition) is 2. The second kappa shape index (κ2) is 5.01. The second-order valence-corrected chi connectivity index (χ2v) is 3.23. The SMILES string of the molecule is COc1ccc(C(F)(F)F)cc1CCC=O. The van der Waals surface area contributed by atoms with Crippen LogP contribution in [0.2, 0.25) is 0 Å². The Kier molecular flexibility index (Phi) is 3.93. The quantitative estimate of drug-likeness (QED) is 0.746. The Hall–Kier alpha value is -1.52. The van der Waals surface area contributed by atoms with E-state index in [1.807, 2.05) is 0 Å². The first-order valence-electron chi connectivity index (χ1n) is 4.66. The van der Waals surface area contributed by atoms with Crippen LogP contribution in [0.25, 0.3) is 0 Å². The summed E-state index contributed by atoms with van der Waals surface area (Å²) in [7, 11) is 1.38. The third kappa shape index (κ3) is 2.98. The van der Waals surface area contributed by atoms with Crippen molar-refractivity contribution in [1.82, 2.24) is 0 Å². The molecule has 0 aliphatic rings. The minimum absolute atomic E-state index is 0.178. The van der Waals surface area contributed by atoms with Crippen molar-refractivity contribution in [3.05, 3.63) is 29.3 Å². The molecule has 0 aliphatic heterocycles. The number of aldehydes is 1. The number of methoxy groups -OCH3 is 1. The molecule has 0 fully saturated rings. The lowest BCUT2D eigenvalue weighted by Gasteiger charge is -2.11. The summed E-state index contributed by atoms with van der Waals surface area (Å²) in [5.74, 6) is 0.370. The van der Waals surface area contributed by atoms with E-state index in [9.17, 15) is 18.0 Å². The van der Waals surface area contributed by atoms with Gasteiger partial charge in [0, 0.05) is 6.42 Å². The van der Waals surface area contributed by atoms with Crippen LogP contribution in [0.15, 0.2) is 18.2 Å². The average molecular weight is 232 g/mol. The summed E-state index contributed by atoms with van der Waals surface area (Å²) >= 11 is 0. The second-order valence-electron chi connectivity index (χ2n) is 3.23. The Morgan fingerprint density at radius 3 is 2.56 bits per heavy atom. The van der Waals surface area contributed by atoms with Crippen LogP contribution in [0.3, 0.4) is 0 Å². The Labute approximate surface area is 91.0 Å². The third-order valence-electron chi connectivity index (χ3n) is 2.14. The van der Waals surface area contributed by atoms with E-state index in [4.69, 9.17) is 4.74 Å². The van der Waals surface area contributed by atoms with Crippen LogP contribution >= 0.6 is 0 Å². The van der Waals surface area contributed by atoms with Gasteiger partial charge in [0.05, 0.1) is 12.7 Å². The highest BCUT2D eigenvalue weighted by Gasteiger charge is 2.30. The van der Waals surface area contributed by atoms with E-state index >= 15 is 0 Å². The van der Waals surface area contributed by atoms with E-state index in [0.29, 0.717) is 17.6 Å². The predicted octanol–water partition coefficient (Wildman–Crippen LogP) is 2.85. The smallest absolute Gasteiger partial charge is 0.416 e. The summed E-state index contributed by atoms with van der Waals surface area (Å²) in [5.41, 5.74) is -0.335. The van der Waals surface area contributed by atoms with E-state index in [0.717, 1.165) is 12.1 Å². The van der Waals surface area contributed by atoms with E-state index < -0.39 is 11.7 Å². The monoisotopic (exact) mass is 232 g/mol. The summed E-state index contributed by atoms with van der Waals surface area (Å²) in [6.45, 7) is 0. The summed E-state index contributed by atoms with van der Waals surface area (Å²) in [6.07, 6.45) is -3.28. The predicted molar refractivity (Wildman–Crippen MR) is 52.4 cm³/mol. The molecular weight excluding hydrogens is 221 g/mol. The van der Waals surface area contributed by atoms with Crippen molar-refractivity contribution in [2.24, 2.45) is 0 Å². The van der Waals surface area contributed by atoms with Gasteiger partial charge in [-0.3, -0.25) is 0 Å². The molecule has 0 saturated carbocycles. The molecule has 0 saturated heterocycles. The maximum Gasteiger partial charge on any atom is 0.416 e. The van der Waals surface area contributed by atoms with Crippen LogP contribution in [0.5, 0.6) is 5.75 Å². The van der Waals surface area contributed by atoms with Gasteiger partial charge in [0.25, 0.3) is 0 Å². The molecule has 1 rings (SSSR count). The molecule has 0 spiro atoms. The van der Waals surface area contributed by atoms with Gasteiger partial charge in [0.2, 0.25) is 0 Å². The number of alkyl halides is 3. The Balaban J connectivity index is 3.05. The molecule has 1 aromatic carbocycles. The molecule has 0 unspecified atom stereocenters. The van der Waals surface area contributed by atoms with Crippen molar-refractivity contribution in [2.75, 3.05) is 7.11 Å². The van der Waals surface area contributed by atoms with Crippen LogP contribution in [0, 0.1) is 0 Å². The molecule has 5 heteroatoms. The van der Waals surface area contributed by atoms with E-state index in [1.165, 1.54) is 13.2 Å². The maximum atomic E-state index is 12.4. The van der Waals surface area contributed by atoms with Gasteiger partial charge in [-0.25, -0.2) is 0 Å². The number of halogens is 3. The first kappa shape index (κ1) is 12.5. The van der Waals surface area contributed by atoms with Gasteiger partial charge in [-0.1, -0.05) is 0 Å². The van der Waals surface area contributed by atoms with Gasteiger partial charge >= 0.3 is 6.18 Å². The van der Waals surface area contributed by atoms with E-state index in [-0.39, 0.29) is 12.8 Å². The standard InChI is InChI=1S/C11H11F3O2/c1-16-10-5-4-9(11(12,13)14)7-8(10)3-2-6-15/h4-7H,2-3H2,1H3.